The van der Waals surface area contributed by atoms with E-state index in [1.54, 1.807) is 0 Å². The molecule has 0 bridgehead atoms. The fourth-order valence-corrected chi connectivity index (χ4v) is 1.43. The van der Waals surface area contributed by atoms with E-state index in [0.29, 0.717) is 0 Å². The average Bonchev–Trinajstić information content (AvgIpc) is 2.08. The Kier molecular flexibility index (Phi) is 1.83. The van der Waals surface area contributed by atoms with E-state index in [1.807, 2.05) is 0 Å². The van der Waals surface area contributed by atoms with Crippen LogP contribution in [0, 0.1) is 0 Å². The summed E-state index contributed by atoms with van der Waals surface area (Å²) in [6.07, 6.45) is -0.525. The number of cyclic esters (lactones) is 2. The van der Waals surface area contributed by atoms with Crippen molar-refractivity contribution >= 4 is 19.5 Å². The molecular weight excluding hydrogens is 175 g/mol. The molecule has 0 aliphatic carbocycles. The predicted octanol–water partition coefficient (Wildman–Crippen LogP) is -0.994. The highest BCUT2D eigenvalue weighted by molar-refractivity contribution is 7.53. The smallest absolute Gasteiger partial charge is 0.340 e. The Morgan fingerprint density at radius 1 is 1.45 bits per heavy atom. The Morgan fingerprint density at radius 3 is 2.18 bits per heavy atom. The molecule has 1 atom stereocenters. The summed E-state index contributed by atoms with van der Waals surface area (Å²) in [4.78, 5) is 37.7. The molecule has 1 unspecified atom stereocenters. The third-order valence-corrected chi connectivity index (χ3v) is 2.46. The van der Waals surface area contributed by atoms with Gasteiger partial charge in [0, 0.05) is 0 Å². The van der Waals surface area contributed by atoms with Crippen LogP contribution < -0.4 is 0 Å². The van der Waals surface area contributed by atoms with Crippen molar-refractivity contribution in [2.45, 2.75) is 12.1 Å². The van der Waals surface area contributed by atoms with E-state index in [4.69, 9.17) is 9.79 Å². The Bertz CT molecular complexity index is 251. The van der Waals surface area contributed by atoms with Gasteiger partial charge >= 0.3 is 19.5 Å². The van der Waals surface area contributed by atoms with Gasteiger partial charge in [0.2, 0.25) is 0 Å². The zero-order valence-corrected chi connectivity index (χ0v) is 6.15. The van der Waals surface area contributed by atoms with Gasteiger partial charge in [-0.1, -0.05) is 0 Å². The first-order valence-corrected chi connectivity index (χ1v) is 4.39. The molecule has 0 amide bonds. The molecule has 1 aliphatic rings. The van der Waals surface area contributed by atoms with Crippen molar-refractivity contribution in [3.63, 3.8) is 0 Å². The van der Waals surface area contributed by atoms with E-state index in [1.165, 1.54) is 0 Å². The van der Waals surface area contributed by atoms with Crippen molar-refractivity contribution in [1.82, 2.24) is 0 Å². The Labute approximate surface area is 61.3 Å². The fourth-order valence-electron chi connectivity index (χ4n) is 0.719. The summed E-state index contributed by atoms with van der Waals surface area (Å²) < 4.78 is 14.4. The minimum absolute atomic E-state index is 0.525. The van der Waals surface area contributed by atoms with E-state index in [2.05, 4.69) is 4.74 Å². The lowest BCUT2D eigenvalue weighted by Crippen LogP contribution is -2.13. The lowest BCUT2D eigenvalue weighted by molar-refractivity contribution is -0.151. The van der Waals surface area contributed by atoms with Crippen LogP contribution in [0.2, 0.25) is 0 Å². The maximum Gasteiger partial charge on any atom is 0.340 e. The number of ether oxygens (including phenoxy) is 1. The second kappa shape index (κ2) is 2.41. The van der Waals surface area contributed by atoms with Crippen LogP contribution in [-0.2, 0) is 18.9 Å². The molecule has 0 saturated carbocycles. The first-order valence-electron chi connectivity index (χ1n) is 2.71. The van der Waals surface area contributed by atoms with E-state index in [0.717, 1.165) is 0 Å². The zero-order chi connectivity index (χ0) is 8.65. The van der Waals surface area contributed by atoms with Gasteiger partial charge in [0.15, 0.2) is 5.66 Å². The molecule has 1 fully saturated rings. The van der Waals surface area contributed by atoms with Crippen LogP contribution in [0.15, 0.2) is 0 Å². The monoisotopic (exact) mass is 180 g/mol. The second-order valence-electron chi connectivity index (χ2n) is 2.10. The summed E-state index contributed by atoms with van der Waals surface area (Å²) >= 11 is 0. The fraction of sp³-hybridized carbons (Fsp3) is 0.500. The van der Waals surface area contributed by atoms with Crippen molar-refractivity contribution in [1.29, 1.82) is 0 Å². The zero-order valence-electron chi connectivity index (χ0n) is 5.26. The summed E-state index contributed by atoms with van der Waals surface area (Å²) in [5.74, 6) is -2.02. The summed E-state index contributed by atoms with van der Waals surface area (Å²) in [5.41, 5.74) is -1.59. The standard InChI is InChI=1S/C4H5O6P/c5-3-1-2(4(6)10-3)11(7,8)9/h2H,1H2,(H2,7,8,9). The molecule has 0 aromatic carbocycles. The van der Waals surface area contributed by atoms with Gasteiger partial charge < -0.3 is 14.5 Å². The molecule has 6 nitrogen and oxygen atoms in total. The van der Waals surface area contributed by atoms with Gasteiger partial charge in [-0.05, 0) is 0 Å². The van der Waals surface area contributed by atoms with E-state index in [9.17, 15) is 14.2 Å². The number of hydrogen-bond donors (Lipinski definition) is 2. The van der Waals surface area contributed by atoms with Gasteiger partial charge in [-0.3, -0.25) is 14.2 Å². The number of hydrogen-bond acceptors (Lipinski definition) is 4. The maximum atomic E-state index is 10.5. The molecule has 7 heteroatoms. The van der Waals surface area contributed by atoms with Gasteiger partial charge in [0.05, 0.1) is 6.42 Å². The number of carbonyl (C=O) groups is 2. The minimum atomic E-state index is -4.50. The molecular formula is C4H5O6P. The van der Waals surface area contributed by atoms with Crippen molar-refractivity contribution in [2.75, 3.05) is 0 Å². The van der Waals surface area contributed by atoms with E-state index in [-0.39, 0.29) is 0 Å². The normalized spacial score (nSPS) is 25.5. The lowest BCUT2D eigenvalue weighted by Gasteiger charge is -2.04. The molecule has 0 radical (unpaired) electrons. The summed E-state index contributed by atoms with van der Waals surface area (Å²) in [6.45, 7) is 0. The van der Waals surface area contributed by atoms with Gasteiger partial charge in [0.1, 0.15) is 0 Å². The predicted molar refractivity (Wildman–Crippen MR) is 31.5 cm³/mol. The van der Waals surface area contributed by atoms with Crippen molar-refractivity contribution in [2.24, 2.45) is 0 Å². The maximum absolute atomic E-state index is 10.5. The van der Waals surface area contributed by atoms with Crippen molar-refractivity contribution in [3.8, 4) is 0 Å². The number of esters is 2. The van der Waals surface area contributed by atoms with Crippen LogP contribution in [0.1, 0.15) is 6.42 Å². The van der Waals surface area contributed by atoms with Gasteiger partial charge in [0.25, 0.3) is 0 Å². The minimum Gasteiger partial charge on any atom is -0.392 e. The van der Waals surface area contributed by atoms with E-state index < -0.39 is 31.6 Å². The average molecular weight is 180 g/mol. The summed E-state index contributed by atoms with van der Waals surface area (Å²) in [5, 5.41) is 0. The SMILES string of the molecule is O=C1CC(P(=O)(O)O)C(=O)O1. The third-order valence-electron chi connectivity index (χ3n) is 1.25. The third kappa shape index (κ3) is 1.65. The first-order chi connectivity index (χ1) is 4.91. The van der Waals surface area contributed by atoms with Crippen LogP contribution in [0.4, 0.5) is 0 Å². The highest BCUT2D eigenvalue weighted by Gasteiger charge is 2.45. The molecule has 2 N–H and O–H groups in total. The number of carbonyl (C=O) groups excluding carboxylic acids is 2. The van der Waals surface area contributed by atoms with Crippen LogP contribution in [0.3, 0.4) is 0 Å². The highest BCUT2D eigenvalue weighted by Crippen LogP contribution is 2.45. The molecule has 11 heavy (non-hydrogen) atoms. The molecule has 1 saturated heterocycles. The quantitative estimate of drug-likeness (QED) is 0.305. The molecule has 0 aromatic rings. The molecule has 0 spiro atoms. The van der Waals surface area contributed by atoms with Crippen LogP contribution >= 0.6 is 7.60 Å². The largest absolute Gasteiger partial charge is 0.392 e. The molecule has 62 valence electrons. The second-order valence-corrected chi connectivity index (χ2v) is 3.90. The molecule has 1 heterocycles. The van der Waals surface area contributed by atoms with Crippen molar-refractivity contribution in [3.05, 3.63) is 0 Å². The first kappa shape index (κ1) is 8.39. The highest BCUT2D eigenvalue weighted by atomic mass is 31.2. The lowest BCUT2D eigenvalue weighted by atomic mass is 10.4. The van der Waals surface area contributed by atoms with E-state index >= 15 is 0 Å². The number of rotatable bonds is 1. The van der Waals surface area contributed by atoms with Gasteiger partial charge in [-0.2, -0.15) is 0 Å². The Hall–Kier alpha value is -0.710. The van der Waals surface area contributed by atoms with Crippen LogP contribution in [-0.4, -0.2) is 27.4 Å². The van der Waals surface area contributed by atoms with Gasteiger partial charge in [-0.15, -0.1) is 0 Å². The molecule has 0 aromatic heterocycles. The summed E-state index contributed by atoms with van der Waals surface area (Å²) in [7, 11) is -4.50. The summed E-state index contributed by atoms with van der Waals surface area (Å²) in [6, 6.07) is 0. The van der Waals surface area contributed by atoms with Crippen LogP contribution in [0.5, 0.6) is 0 Å². The molecule has 1 rings (SSSR count). The topological polar surface area (TPSA) is 101 Å². The Morgan fingerprint density at radius 2 is 2.00 bits per heavy atom. The van der Waals surface area contributed by atoms with Crippen LogP contribution in [0.25, 0.3) is 0 Å². The molecule has 1 aliphatic heterocycles. The van der Waals surface area contributed by atoms with Crippen molar-refractivity contribution < 1.29 is 28.7 Å². The van der Waals surface area contributed by atoms with Gasteiger partial charge in [-0.25, -0.2) is 0 Å². The Balaban J connectivity index is 2.84.